The number of rotatable bonds is 6. The summed E-state index contributed by atoms with van der Waals surface area (Å²) < 4.78 is 5.21. The lowest BCUT2D eigenvalue weighted by atomic mass is 9.81. The van der Waals surface area contributed by atoms with Crippen LogP contribution in [-0.2, 0) is 4.79 Å². The minimum absolute atomic E-state index is 0. The molecule has 1 aromatic carbocycles. The Morgan fingerprint density at radius 3 is 2.15 bits per heavy atom. The summed E-state index contributed by atoms with van der Waals surface area (Å²) in [7, 11) is 2.32. The van der Waals surface area contributed by atoms with Crippen LogP contribution in [-0.4, -0.2) is 54.8 Å². The van der Waals surface area contributed by atoms with E-state index in [-0.39, 0.29) is 31.4 Å². The van der Waals surface area contributed by atoms with Crippen LogP contribution in [0.1, 0.15) is 50.0 Å². The van der Waals surface area contributed by atoms with Crippen molar-refractivity contribution < 1.29 is 14.6 Å². The minimum atomic E-state index is -0.944. The molecule has 3 rings (SSSR count). The molecule has 7 heteroatoms. The molecule has 2 N–H and O–H groups in total. The van der Waals surface area contributed by atoms with Gasteiger partial charge >= 0.3 is 5.97 Å². The van der Waals surface area contributed by atoms with Gasteiger partial charge in [-0.1, -0.05) is 12.1 Å². The van der Waals surface area contributed by atoms with E-state index < -0.39 is 5.97 Å². The van der Waals surface area contributed by atoms with Crippen molar-refractivity contribution in [2.24, 2.45) is 0 Å². The van der Waals surface area contributed by atoms with Gasteiger partial charge in [0.05, 0.1) is 0 Å². The highest BCUT2D eigenvalue weighted by atomic mass is 35.5. The van der Waals surface area contributed by atoms with E-state index in [9.17, 15) is 4.79 Å². The normalized spacial score (nSPS) is 23.2. The number of halogens is 2. The molecule has 0 amide bonds. The molecule has 0 spiro atoms. The third-order valence-electron chi connectivity index (χ3n) is 5.87. The van der Waals surface area contributed by atoms with E-state index in [1.807, 2.05) is 12.1 Å². The van der Waals surface area contributed by atoms with Gasteiger partial charge in [0.2, 0.25) is 0 Å². The maximum absolute atomic E-state index is 10.6. The van der Waals surface area contributed by atoms with Crippen LogP contribution in [0.3, 0.4) is 0 Å². The van der Waals surface area contributed by atoms with Gasteiger partial charge in [-0.25, -0.2) is 4.79 Å². The quantitative estimate of drug-likeness (QED) is 0.736. The molecule has 2 aliphatic rings. The number of carbonyl (C=O) groups is 1. The highest BCUT2D eigenvalue weighted by Gasteiger charge is 2.29. The fraction of sp³-hybridized carbons (Fsp3) is 0.650. The summed E-state index contributed by atoms with van der Waals surface area (Å²) in [6.45, 7) is 2.02. The van der Waals surface area contributed by atoms with Crippen molar-refractivity contribution in [1.29, 1.82) is 0 Å². The highest BCUT2D eigenvalue weighted by molar-refractivity contribution is 5.85. The molecule has 1 heterocycles. The predicted molar refractivity (Wildman–Crippen MR) is 113 cm³/mol. The van der Waals surface area contributed by atoms with Crippen LogP contribution in [0.5, 0.6) is 5.75 Å². The first-order chi connectivity index (χ1) is 12.1. The first-order valence-corrected chi connectivity index (χ1v) is 9.50. The smallest absolute Gasteiger partial charge is 0.341 e. The Labute approximate surface area is 174 Å². The third-order valence-corrected chi connectivity index (χ3v) is 5.87. The van der Waals surface area contributed by atoms with E-state index in [2.05, 4.69) is 29.4 Å². The second-order valence-electron chi connectivity index (χ2n) is 7.40. The summed E-state index contributed by atoms with van der Waals surface area (Å²) in [6.07, 6.45) is 7.54. The summed E-state index contributed by atoms with van der Waals surface area (Å²) in [5.74, 6) is 0.303. The molecule has 2 fully saturated rings. The van der Waals surface area contributed by atoms with E-state index in [0.717, 1.165) is 25.2 Å². The number of carboxylic acid groups (broad SMARTS) is 1. The molecular weight excluding hydrogens is 387 g/mol. The fourth-order valence-electron chi connectivity index (χ4n) is 4.31. The number of hydrogen-bond acceptors (Lipinski definition) is 4. The lowest BCUT2D eigenvalue weighted by Gasteiger charge is -2.40. The van der Waals surface area contributed by atoms with Crippen molar-refractivity contribution in [2.45, 2.75) is 56.5 Å². The molecule has 0 unspecified atom stereocenters. The first-order valence-electron chi connectivity index (χ1n) is 9.50. The van der Waals surface area contributed by atoms with Crippen LogP contribution in [0.15, 0.2) is 24.3 Å². The Morgan fingerprint density at radius 1 is 1.04 bits per heavy atom. The molecule has 1 aliphatic heterocycles. The molecule has 1 aliphatic carbocycles. The van der Waals surface area contributed by atoms with Crippen LogP contribution >= 0.6 is 24.8 Å². The van der Waals surface area contributed by atoms with E-state index in [1.165, 1.54) is 44.1 Å². The Kier molecular flexibility index (Phi) is 10.5. The number of piperidine rings is 1. The predicted octanol–water partition coefficient (Wildman–Crippen LogP) is 3.70. The lowest BCUT2D eigenvalue weighted by Crippen LogP contribution is -2.46. The van der Waals surface area contributed by atoms with Gasteiger partial charge in [0.1, 0.15) is 5.75 Å². The molecule has 0 aromatic heterocycles. The second-order valence-corrected chi connectivity index (χ2v) is 7.40. The lowest BCUT2D eigenvalue weighted by molar-refractivity contribution is -0.139. The van der Waals surface area contributed by atoms with Crippen molar-refractivity contribution in [3.63, 3.8) is 0 Å². The Morgan fingerprint density at radius 2 is 1.59 bits per heavy atom. The number of carboxylic acids is 1. The van der Waals surface area contributed by atoms with Gasteiger partial charge < -0.3 is 20.1 Å². The molecule has 154 valence electrons. The summed E-state index contributed by atoms with van der Waals surface area (Å²) in [5, 5.41) is 12.1. The van der Waals surface area contributed by atoms with Crippen molar-refractivity contribution in [1.82, 2.24) is 10.2 Å². The van der Waals surface area contributed by atoms with Gasteiger partial charge in [-0.15, -0.1) is 24.8 Å². The summed E-state index contributed by atoms with van der Waals surface area (Å²) in [4.78, 5) is 13.2. The second kappa shape index (κ2) is 11.7. The Hall–Kier alpha value is -1.01. The standard InChI is InChI=1S/C20H30N2O3.2ClH/c1-22(18-10-12-21-13-11-18)17-6-2-15(3-7-17)16-4-8-19(9-5-16)25-14-20(23)24;;/h4-5,8-9,15,17-18,21H,2-3,6-7,10-14H2,1H3,(H,23,24);2*1H. The maximum Gasteiger partial charge on any atom is 0.341 e. The van der Waals surface area contributed by atoms with Crippen molar-refractivity contribution >= 4 is 30.8 Å². The maximum atomic E-state index is 10.6. The van der Waals surface area contributed by atoms with E-state index >= 15 is 0 Å². The highest BCUT2D eigenvalue weighted by Crippen LogP contribution is 2.36. The minimum Gasteiger partial charge on any atom is -0.482 e. The summed E-state index contributed by atoms with van der Waals surface area (Å²) in [5.41, 5.74) is 1.35. The summed E-state index contributed by atoms with van der Waals surface area (Å²) >= 11 is 0. The molecular formula is C20H32Cl2N2O3. The monoisotopic (exact) mass is 418 g/mol. The van der Waals surface area contributed by atoms with Gasteiger partial charge in [0.25, 0.3) is 0 Å². The Balaban J connectivity index is 0.00000182. The number of aliphatic carboxylic acids is 1. The fourth-order valence-corrected chi connectivity index (χ4v) is 4.31. The van der Waals surface area contributed by atoms with Crippen LogP contribution in [0.4, 0.5) is 0 Å². The van der Waals surface area contributed by atoms with Crippen LogP contribution in [0.2, 0.25) is 0 Å². The van der Waals surface area contributed by atoms with Crippen LogP contribution in [0.25, 0.3) is 0 Å². The van der Waals surface area contributed by atoms with Gasteiger partial charge in [0.15, 0.2) is 6.61 Å². The van der Waals surface area contributed by atoms with Gasteiger partial charge in [0, 0.05) is 12.1 Å². The molecule has 0 radical (unpaired) electrons. The average Bonchev–Trinajstić information content (AvgIpc) is 2.67. The van der Waals surface area contributed by atoms with Crippen LogP contribution in [0, 0.1) is 0 Å². The number of nitrogens with one attached hydrogen (secondary N) is 1. The number of ether oxygens (including phenoxy) is 1. The molecule has 1 saturated heterocycles. The summed E-state index contributed by atoms with van der Waals surface area (Å²) in [6, 6.07) is 9.44. The molecule has 1 aromatic rings. The van der Waals surface area contributed by atoms with Crippen molar-refractivity contribution in [3.05, 3.63) is 29.8 Å². The SMILES string of the molecule is CN(C1CCNCC1)C1CCC(c2ccc(OCC(=O)O)cc2)CC1.Cl.Cl. The molecule has 5 nitrogen and oxygen atoms in total. The molecule has 0 bridgehead atoms. The Bertz CT molecular complexity index is 557. The van der Waals surface area contributed by atoms with Crippen molar-refractivity contribution in [2.75, 3.05) is 26.7 Å². The first kappa shape index (κ1) is 24.0. The molecule has 1 saturated carbocycles. The zero-order valence-electron chi connectivity index (χ0n) is 15.9. The van der Waals surface area contributed by atoms with Crippen LogP contribution < -0.4 is 10.1 Å². The van der Waals surface area contributed by atoms with Gasteiger partial charge in [-0.3, -0.25) is 0 Å². The topological polar surface area (TPSA) is 61.8 Å². The van der Waals surface area contributed by atoms with E-state index in [0.29, 0.717) is 11.7 Å². The van der Waals surface area contributed by atoms with Crippen molar-refractivity contribution in [3.8, 4) is 5.75 Å². The number of nitrogens with zero attached hydrogens (tertiary/aromatic N) is 1. The number of benzene rings is 1. The molecule has 0 atom stereocenters. The molecule has 27 heavy (non-hydrogen) atoms. The largest absolute Gasteiger partial charge is 0.482 e. The van der Waals surface area contributed by atoms with E-state index in [4.69, 9.17) is 9.84 Å². The van der Waals surface area contributed by atoms with Gasteiger partial charge in [-0.05, 0) is 82.3 Å². The zero-order valence-corrected chi connectivity index (χ0v) is 17.6. The third kappa shape index (κ3) is 6.83. The number of hydrogen-bond donors (Lipinski definition) is 2. The zero-order chi connectivity index (χ0) is 17.6. The average molecular weight is 419 g/mol. The van der Waals surface area contributed by atoms with E-state index in [1.54, 1.807) is 0 Å². The van der Waals surface area contributed by atoms with Gasteiger partial charge in [-0.2, -0.15) is 0 Å².